The number of carbonyl (C=O) groups excluding carboxylic acids is 1. The zero-order valence-corrected chi connectivity index (χ0v) is 12.8. The van der Waals surface area contributed by atoms with Gasteiger partial charge >= 0.3 is 0 Å². The van der Waals surface area contributed by atoms with Gasteiger partial charge in [-0.2, -0.15) is 0 Å². The highest BCUT2D eigenvalue weighted by Crippen LogP contribution is 2.41. The molecule has 2 aliphatic heterocycles. The molecule has 2 heterocycles. The van der Waals surface area contributed by atoms with Crippen LogP contribution in [0, 0.1) is 0 Å². The molecule has 3 nitrogen and oxygen atoms in total. The van der Waals surface area contributed by atoms with Gasteiger partial charge in [-0.1, -0.05) is 66.7 Å². The summed E-state index contributed by atoms with van der Waals surface area (Å²) in [5.74, 6) is 0.672. The second-order valence-electron chi connectivity index (χ2n) is 5.72. The van der Waals surface area contributed by atoms with Crippen molar-refractivity contribution in [3.63, 3.8) is 0 Å². The molecule has 0 N–H and O–H groups in total. The standard InChI is InChI=1S/C20H16N2O/c1-15-9-8-14-18-21-20(19(23)22(15)18,16-10-4-2-5-11-16)17-12-6-3-7-13-17/h2-14H,1H3. The fraction of sp³-hybridized carbons (Fsp3) is 0.100. The predicted molar refractivity (Wildman–Crippen MR) is 90.8 cm³/mol. The third-order valence-corrected chi connectivity index (χ3v) is 4.34. The van der Waals surface area contributed by atoms with Crippen LogP contribution < -0.4 is 0 Å². The summed E-state index contributed by atoms with van der Waals surface area (Å²) in [6.07, 6.45) is 5.76. The Bertz CT molecular complexity index is 808. The van der Waals surface area contributed by atoms with E-state index >= 15 is 0 Å². The second-order valence-corrected chi connectivity index (χ2v) is 5.72. The zero-order valence-electron chi connectivity index (χ0n) is 12.8. The highest BCUT2D eigenvalue weighted by atomic mass is 16.2. The van der Waals surface area contributed by atoms with E-state index in [0.717, 1.165) is 16.8 Å². The first-order valence-corrected chi connectivity index (χ1v) is 7.64. The Morgan fingerprint density at radius 2 is 1.48 bits per heavy atom. The lowest BCUT2D eigenvalue weighted by Gasteiger charge is -2.28. The molecule has 0 aliphatic carbocycles. The number of rotatable bonds is 2. The fourth-order valence-electron chi connectivity index (χ4n) is 3.24. The summed E-state index contributed by atoms with van der Waals surface area (Å²) in [5.41, 5.74) is 1.66. The second kappa shape index (κ2) is 5.06. The van der Waals surface area contributed by atoms with E-state index in [0.29, 0.717) is 5.84 Å². The fourth-order valence-corrected chi connectivity index (χ4v) is 3.24. The Hall–Kier alpha value is -2.94. The first kappa shape index (κ1) is 13.7. The molecular weight excluding hydrogens is 284 g/mol. The molecule has 2 aromatic carbocycles. The van der Waals surface area contributed by atoms with E-state index < -0.39 is 5.54 Å². The van der Waals surface area contributed by atoms with Gasteiger partial charge in [0.1, 0.15) is 5.84 Å². The molecule has 1 amide bonds. The lowest BCUT2D eigenvalue weighted by Crippen LogP contribution is -2.41. The van der Waals surface area contributed by atoms with Crippen LogP contribution in [-0.2, 0) is 10.3 Å². The maximum absolute atomic E-state index is 13.4. The smallest absolute Gasteiger partial charge is 0.269 e. The van der Waals surface area contributed by atoms with Crippen molar-refractivity contribution >= 4 is 11.7 Å². The van der Waals surface area contributed by atoms with Crippen LogP contribution in [0.3, 0.4) is 0 Å². The Kier molecular flexibility index (Phi) is 3.01. The summed E-state index contributed by atoms with van der Waals surface area (Å²) in [6, 6.07) is 19.6. The van der Waals surface area contributed by atoms with Gasteiger partial charge in [0.2, 0.25) is 0 Å². The lowest BCUT2D eigenvalue weighted by atomic mass is 9.83. The molecular formula is C20H16N2O. The van der Waals surface area contributed by atoms with Crippen LogP contribution in [0.2, 0.25) is 0 Å². The van der Waals surface area contributed by atoms with Crippen molar-refractivity contribution in [3.05, 3.63) is 95.7 Å². The van der Waals surface area contributed by atoms with Crippen molar-refractivity contribution in [1.29, 1.82) is 0 Å². The van der Waals surface area contributed by atoms with Crippen molar-refractivity contribution in [3.8, 4) is 0 Å². The highest BCUT2D eigenvalue weighted by molar-refractivity contribution is 6.16. The number of aliphatic imine (C=N–C) groups is 1. The molecule has 3 heteroatoms. The van der Waals surface area contributed by atoms with Crippen LogP contribution in [0.4, 0.5) is 0 Å². The van der Waals surface area contributed by atoms with Gasteiger partial charge in [-0.05, 0) is 30.2 Å². The van der Waals surface area contributed by atoms with Crippen LogP contribution in [0.15, 0.2) is 89.6 Å². The summed E-state index contributed by atoms with van der Waals surface area (Å²) in [5, 5.41) is 0. The number of carbonyl (C=O) groups is 1. The molecule has 0 saturated heterocycles. The topological polar surface area (TPSA) is 32.7 Å². The van der Waals surface area contributed by atoms with Crippen molar-refractivity contribution in [2.24, 2.45) is 4.99 Å². The first-order valence-electron chi connectivity index (χ1n) is 7.64. The summed E-state index contributed by atoms with van der Waals surface area (Å²) in [7, 11) is 0. The molecule has 23 heavy (non-hydrogen) atoms. The number of hydrogen-bond donors (Lipinski definition) is 0. The summed E-state index contributed by atoms with van der Waals surface area (Å²) in [6.45, 7) is 1.93. The van der Waals surface area contributed by atoms with Gasteiger partial charge in [0.15, 0.2) is 5.54 Å². The van der Waals surface area contributed by atoms with E-state index in [4.69, 9.17) is 4.99 Å². The van der Waals surface area contributed by atoms with Crippen LogP contribution in [0.5, 0.6) is 0 Å². The van der Waals surface area contributed by atoms with E-state index in [9.17, 15) is 4.79 Å². The van der Waals surface area contributed by atoms with Crippen molar-refractivity contribution < 1.29 is 4.79 Å². The maximum Gasteiger partial charge on any atom is 0.269 e. The number of amidine groups is 1. The van der Waals surface area contributed by atoms with Crippen LogP contribution >= 0.6 is 0 Å². The average molecular weight is 300 g/mol. The normalized spacial score (nSPS) is 18.5. The SMILES string of the molecule is CC1=CC=CC2=NC(c3ccccc3)(c3ccccc3)C(=O)N12. The van der Waals surface area contributed by atoms with Crippen LogP contribution in [0.25, 0.3) is 0 Å². The minimum atomic E-state index is -1.01. The molecule has 112 valence electrons. The van der Waals surface area contributed by atoms with E-state index in [-0.39, 0.29) is 5.91 Å². The van der Waals surface area contributed by atoms with Gasteiger partial charge < -0.3 is 0 Å². The average Bonchev–Trinajstić information content (AvgIpc) is 2.91. The molecule has 0 aromatic heterocycles. The third kappa shape index (κ3) is 1.90. The van der Waals surface area contributed by atoms with Crippen molar-refractivity contribution in [2.75, 3.05) is 0 Å². The number of benzene rings is 2. The van der Waals surface area contributed by atoms with Gasteiger partial charge in [0.05, 0.1) is 0 Å². The maximum atomic E-state index is 13.4. The van der Waals surface area contributed by atoms with E-state index in [1.54, 1.807) is 4.90 Å². The molecule has 0 unspecified atom stereocenters. The Morgan fingerprint density at radius 3 is 2.00 bits per heavy atom. The van der Waals surface area contributed by atoms with Crippen LogP contribution in [-0.4, -0.2) is 16.6 Å². The lowest BCUT2D eigenvalue weighted by molar-refractivity contribution is -0.128. The number of allylic oxidation sites excluding steroid dienone is 3. The molecule has 0 atom stereocenters. The molecule has 0 bridgehead atoms. The van der Waals surface area contributed by atoms with E-state index in [2.05, 4.69) is 0 Å². The zero-order chi connectivity index (χ0) is 15.9. The highest BCUT2D eigenvalue weighted by Gasteiger charge is 2.51. The van der Waals surface area contributed by atoms with Crippen molar-refractivity contribution in [2.45, 2.75) is 12.5 Å². The minimum Gasteiger partial charge on any atom is -0.270 e. The molecule has 0 saturated carbocycles. The van der Waals surface area contributed by atoms with Gasteiger partial charge in [-0.15, -0.1) is 0 Å². The van der Waals surface area contributed by atoms with Gasteiger partial charge in [0, 0.05) is 5.70 Å². The number of nitrogens with zero attached hydrogens (tertiary/aromatic N) is 2. The quantitative estimate of drug-likeness (QED) is 0.833. The Balaban J connectivity index is 2.00. The van der Waals surface area contributed by atoms with Crippen molar-refractivity contribution in [1.82, 2.24) is 4.90 Å². The first-order chi connectivity index (χ1) is 11.2. The summed E-state index contributed by atoms with van der Waals surface area (Å²) >= 11 is 0. The molecule has 0 radical (unpaired) electrons. The summed E-state index contributed by atoms with van der Waals surface area (Å²) in [4.78, 5) is 20.0. The van der Waals surface area contributed by atoms with Gasteiger partial charge in [0.25, 0.3) is 5.91 Å². The number of fused-ring (bicyclic) bond motifs is 1. The van der Waals surface area contributed by atoms with E-state index in [1.165, 1.54) is 0 Å². The van der Waals surface area contributed by atoms with E-state index in [1.807, 2.05) is 85.8 Å². The minimum absolute atomic E-state index is 0.0250. The Labute approximate surface area is 135 Å². The summed E-state index contributed by atoms with van der Waals surface area (Å²) < 4.78 is 0. The third-order valence-electron chi connectivity index (χ3n) is 4.34. The van der Waals surface area contributed by atoms with Gasteiger partial charge in [-0.3, -0.25) is 9.69 Å². The number of amides is 1. The largest absolute Gasteiger partial charge is 0.270 e. The molecule has 2 aromatic rings. The molecule has 0 fully saturated rings. The Morgan fingerprint density at radius 1 is 0.913 bits per heavy atom. The number of hydrogen-bond acceptors (Lipinski definition) is 2. The molecule has 4 rings (SSSR count). The monoisotopic (exact) mass is 300 g/mol. The van der Waals surface area contributed by atoms with Crippen LogP contribution in [0.1, 0.15) is 18.1 Å². The van der Waals surface area contributed by atoms with Gasteiger partial charge in [-0.25, -0.2) is 4.99 Å². The predicted octanol–water partition coefficient (Wildman–Crippen LogP) is 3.64. The molecule has 2 aliphatic rings. The molecule has 0 spiro atoms.